The number of aromatic nitrogens is 3. The highest BCUT2D eigenvalue weighted by Gasteiger charge is 2.28. The molecule has 0 bridgehead atoms. The van der Waals surface area contributed by atoms with Gasteiger partial charge in [0.25, 0.3) is 0 Å². The van der Waals surface area contributed by atoms with Gasteiger partial charge in [-0.25, -0.2) is 15.0 Å². The average molecular weight is 788 g/mol. The van der Waals surface area contributed by atoms with Crippen molar-refractivity contribution < 1.29 is 4.42 Å². The van der Waals surface area contributed by atoms with Crippen LogP contribution in [0.1, 0.15) is 0 Å². The molecular weight excluding hydrogens is 745 g/mol. The van der Waals surface area contributed by atoms with Crippen molar-refractivity contribution in [3.8, 4) is 45.3 Å². The first-order chi connectivity index (χ1) is 29.8. The summed E-state index contributed by atoms with van der Waals surface area (Å²) in [5.74, 6) is 2.03. The topological polar surface area (TPSA) is 51.8 Å². The smallest absolute Gasteiger partial charge is 0.164 e. The molecule has 0 amide bonds. The Morgan fingerprint density at radius 3 is 1.16 bits per heavy atom. The summed E-state index contributed by atoms with van der Waals surface area (Å²) in [6, 6.07) is 14.5. The van der Waals surface area contributed by atoms with E-state index in [0.717, 1.165) is 38.6 Å². The standard InChI is InChI=1S/C41H43B18N3O/c42-21-13(14-16-18(26(47)32(53)22(14)43)27(48)35(56)34(55)24(16)45)15-17(25(46)31(21)52)19(28(49)33(54)23(15)44)40-60-39(9-5-3-7-11-12(9)8-4-1-2-6-10(8)63-11)61-41(62-40)20-29(50)36(57)38(59)37(58)30(20)51/h1-7H,42-59H2. The van der Waals surface area contributed by atoms with Gasteiger partial charge in [0.2, 0.25) is 0 Å². The summed E-state index contributed by atoms with van der Waals surface area (Å²) in [5.41, 5.74) is 30.9. The summed E-state index contributed by atoms with van der Waals surface area (Å²) in [6.07, 6.45) is 0. The van der Waals surface area contributed by atoms with Crippen molar-refractivity contribution in [1.82, 2.24) is 15.0 Å². The fraction of sp³-hybridized carbons (Fsp3) is 0. The van der Waals surface area contributed by atoms with Gasteiger partial charge in [0, 0.05) is 27.5 Å². The minimum Gasteiger partial charge on any atom is -0.456 e. The molecule has 0 spiro atoms. The molecule has 2 aromatic heterocycles. The molecule has 0 aliphatic heterocycles. The highest BCUT2D eigenvalue weighted by molar-refractivity contribution is 6.74. The normalized spacial score (nSPS) is 11.7. The van der Waals surface area contributed by atoms with Crippen molar-refractivity contribution in [2.45, 2.75) is 0 Å². The SMILES string of the molecule is Bc1c(B)c(B)c(-c2nc(-c3c(B)c(B)c(B)c4c(-c5c(B)c(B)c(B)c6c(B)c(B)c(B)c(B)c56)c(B)c(B)c(B)c34)nc(-c3cccc4oc5ccccc5c34)n2)c(B)c1B. The quantitative estimate of drug-likeness (QED) is 0.167. The molecule has 7 aromatic carbocycles. The molecule has 0 aliphatic carbocycles. The van der Waals surface area contributed by atoms with Gasteiger partial charge in [0.15, 0.2) is 17.5 Å². The van der Waals surface area contributed by atoms with Crippen LogP contribution in [0.25, 0.3) is 88.8 Å². The summed E-state index contributed by atoms with van der Waals surface area (Å²) in [6.45, 7) is 0. The van der Waals surface area contributed by atoms with E-state index in [1.54, 1.807) is 0 Å². The third-order valence-electron chi connectivity index (χ3n) is 16.3. The molecule has 0 N–H and O–H groups in total. The van der Waals surface area contributed by atoms with Crippen molar-refractivity contribution in [1.29, 1.82) is 0 Å². The Balaban J connectivity index is 1.49. The van der Waals surface area contributed by atoms with E-state index < -0.39 is 0 Å². The number of hydrogen-bond donors (Lipinski definition) is 0. The van der Waals surface area contributed by atoms with E-state index >= 15 is 0 Å². The van der Waals surface area contributed by atoms with Gasteiger partial charge < -0.3 is 4.42 Å². The van der Waals surface area contributed by atoms with Gasteiger partial charge >= 0.3 is 0 Å². The Bertz CT molecular complexity index is 3540. The number of hydrogen-bond acceptors (Lipinski definition) is 4. The average Bonchev–Trinajstić information content (AvgIpc) is 3.66. The van der Waals surface area contributed by atoms with Crippen LogP contribution in [-0.4, -0.2) is 156 Å². The summed E-state index contributed by atoms with van der Waals surface area (Å²) < 4.78 is 6.44. The second-order valence-electron chi connectivity index (χ2n) is 18.8. The molecular formula is C41H43B18N3O. The molecule has 0 saturated heterocycles. The molecule has 282 valence electrons. The summed E-state index contributed by atoms with van der Waals surface area (Å²) in [7, 11) is 41.2. The molecule has 0 saturated carbocycles. The number of rotatable bonds is 4. The third-order valence-corrected chi connectivity index (χ3v) is 16.3. The first kappa shape index (κ1) is 43.3. The summed E-state index contributed by atoms with van der Waals surface area (Å²) >= 11 is 0. The Morgan fingerprint density at radius 1 is 0.270 bits per heavy atom. The Kier molecular flexibility index (Phi) is 10.5. The van der Waals surface area contributed by atoms with Gasteiger partial charge in [-0.2, -0.15) is 0 Å². The fourth-order valence-corrected chi connectivity index (χ4v) is 11.0. The van der Waals surface area contributed by atoms with Crippen LogP contribution in [0.3, 0.4) is 0 Å². The number of furan rings is 1. The van der Waals surface area contributed by atoms with Crippen LogP contribution >= 0.6 is 0 Å². The van der Waals surface area contributed by atoms with Crippen LogP contribution in [0.15, 0.2) is 46.9 Å². The first-order valence-corrected chi connectivity index (χ1v) is 22.6. The van der Waals surface area contributed by atoms with Crippen molar-refractivity contribution in [2.24, 2.45) is 0 Å². The predicted molar refractivity (Wildman–Crippen MR) is 331 cm³/mol. The maximum absolute atomic E-state index is 6.44. The lowest BCUT2D eigenvalue weighted by atomic mass is 9.56. The van der Waals surface area contributed by atoms with Crippen molar-refractivity contribution in [3.05, 3.63) is 42.5 Å². The highest BCUT2D eigenvalue weighted by atomic mass is 16.3. The van der Waals surface area contributed by atoms with Crippen LogP contribution in [0.5, 0.6) is 0 Å². The van der Waals surface area contributed by atoms with E-state index in [9.17, 15) is 0 Å². The second kappa shape index (κ2) is 15.3. The fourth-order valence-electron chi connectivity index (χ4n) is 11.0. The largest absolute Gasteiger partial charge is 0.456 e. The zero-order valence-corrected chi connectivity index (χ0v) is 40.8. The molecule has 22 heteroatoms. The number of para-hydroxylation sites is 1. The maximum Gasteiger partial charge on any atom is 0.164 e. The lowest BCUT2D eigenvalue weighted by molar-refractivity contribution is 0.669. The maximum atomic E-state index is 6.44. The Morgan fingerprint density at radius 2 is 0.619 bits per heavy atom. The van der Waals surface area contributed by atoms with Crippen LogP contribution in [0, 0.1) is 0 Å². The van der Waals surface area contributed by atoms with E-state index in [4.69, 9.17) is 19.4 Å². The van der Waals surface area contributed by atoms with E-state index in [1.807, 2.05) is 18.2 Å². The molecule has 0 fully saturated rings. The lowest BCUT2D eigenvalue weighted by Gasteiger charge is -2.30. The van der Waals surface area contributed by atoms with E-state index in [-0.39, 0.29) is 0 Å². The number of fused-ring (bicyclic) bond motifs is 5. The number of benzene rings is 7. The van der Waals surface area contributed by atoms with E-state index in [2.05, 4.69) is 165 Å². The van der Waals surface area contributed by atoms with Crippen LogP contribution in [0.2, 0.25) is 0 Å². The summed E-state index contributed by atoms with van der Waals surface area (Å²) in [5, 5.41) is 7.34. The Labute approximate surface area is 388 Å². The van der Waals surface area contributed by atoms with Crippen LogP contribution in [-0.2, 0) is 0 Å². The van der Waals surface area contributed by atoms with Crippen molar-refractivity contribution in [3.63, 3.8) is 0 Å². The first-order valence-electron chi connectivity index (χ1n) is 22.6. The molecule has 9 rings (SSSR count). The van der Waals surface area contributed by atoms with Gasteiger partial charge in [-0.1, -0.05) is 90.4 Å². The van der Waals surface area contributed by atoms with Crippen molar-refractivity contribution >= 4 is 283 Å². The minimum absolute atomic E-state index is 0.641. The second-order valence-corrected chi connectivity index (χ2v) is 18.8. The zero-order valence-electron chi connectivity index (χ0n) is 40.8. The molecule has 0 unspecified atom stereocenters. The highest BCUT2D eigenvalue weighted by Crippen LogP contribution is 2.37. The van der Waals surface area contributed by atoms with Crippen LogP contribution < -0.4 is 98.3 Å². The van der Waals surface area contributed by atoms with Gasteiger partial charge in [-0.05, 0) is 44.8 Å². The van der Waals surface area contributed by atoms with Gasteiger partial charge in [-0.3, -0.25) is 0 Å². The van der Waals surface area contributed by atoms with E-state index in [1.165, 1.54) is 131 Å². The van der Waals surface area contributed by atoms with Crippen LogP contribution in [0.4, 0.5) is 0 Å². The van der Waals surface area contributed by atoms with Crippen molar-refractivity contribution in [2.75, 3.05) is 0 Å². The molecule has 0 atom stereocenters. The lowest BCUT2D eigenvalue weighted by Crippen LogP contribution is -2.55. The van der Waals surface area contributed by atoms with Gasteiger partial charge in [-0.15, -0.1) is 38.2 Å². The predicted octanol–water partition coefficient (Wildman–Crippen LogP) is -20.6. The molecule has 0 aliphatic rings. The zero-order chi connectivity index (χ0) is 45.4. The molecule has 63 heavy (non-hydrogen) atoms. The molecule has 4 nitrogen and oxygen atoms in total. The van der Waals surface area contributed by atoms with E-state index in [0.29, 0.717) is 17.5 Å². The molecule has 2 heterocycles. The molecule has 0 radical (unpaired) electrons. The molecule has 9 aromatic rings. The minimum atomic E-state index is 0.641. The third kappa shape index (κ3) is 6.12. The summed E-state index contributed by atoms with van der Waals surface area (Å²) in [4.78, 5) is 16.7. The van der Waals surface area contributed by atoms with Gasteiger partial charge in [0.1, 0.15) is 152 Å². The monoisotopic (exact) mass is 792 g/mol. The van der Waals surface area contributed by atoms with Gasteiger partial charge in [0.05, 0.1) is 0 Å². The number of nitrogens with zero attached hydrogens (tertiary/aromatic N) is 3. The Hall–Kier alpha value is -4.96.